The van der Waals surface area contributed by atoms with Gasteiger partial charge in [-0.1, -0.05) is 0 Å². The monoisotopic (exact) mass is 332 g/mol. The van der Waals surface area contributed by atoms with Crippen LogP contribution >= 0.6 is 11.3 Å². The number of thiazole rings is 1. The van der Waals surface area contributed by atoms with Gasteiger partial charge in [-0.3, -0.25) is 9.78 Å². The van der Waals surface area contributed by atoms with Crippen molar-refractivity contribution in [3.8, 4) is 0 Å². The third-order valence-corrected chi connectivity index (χ3v) is 4.38. The second-order valence-corrected chi connectivity index (χ2v) is 6.71. The maximum absolute atomic E-state index is 11.9. The van der Waals surface area contributed by atoms with Gasteiger partial charge in [0.25, 0.3) is 0 Å². The molecule has 0 aliphatic heterocycles. The molecule has 0 aromatic carbocycles. The molecule has 0 fully saturated rings. The Labute approximate surface area is 141 Å². The number of aryl methyl sites for hydroxylation is 2. The van der Waals surface area contributed by atoms with Crippen LogP contribution < -0.4 is 5.32 Å². The Hall–Kier alpha value is -1.79. The van der Waals surface area contributed by atoms with Crippen LogP contribution in [-0.4, -0.2) is 48.0 Å². The van der Waals surface area contributed by atoms with Crippen LogP contribution in [0.3, 0.4) is 0 Å². The van der Waals surface area contributed by atoms with Crippen molar-refractivity contribution < 1.29 is 4.79 Å². The summed E-state index contributed by atoms with van der Waals surface area (Å²) in [6.45, 7) is 1.70. The Morgan fingerprint density at radius 2 is 2.04 bits per heavy atom. The lowest BCUT2D eigenvalue weighted by atomic mass is 10.1. The highest BCUT2D eigenvalue weighted by atomic mass is 32.1. The summed E-state index contributed by atoms with van der Waals surface area (Å²) < 4.78 is 0. The number of nitrogens with one attached hydrogen (secondary N) is 1. The zero-order valence-electron chi connectivity index (χ0n) is 13.8. The summed E-state index contributed by atoms with van der Waals surface area (Å²) in [6.07, 6.45) is 6.80. The van der Waals surface area contributed by atoms with Crippen LogP contribution in [0.4, 0.5) is 0 Å². The van der Waals surface area contributed by atoms with Gasteiger partial charge in [0.2, 0.25) is 5.91 Å². The van der Waals surface area contributed by atoms with Crippen LogP contribution in [0.15, 0.2) is 29.9 Å². The summed E-state index contributed by atoms with van der Waals surface area (Å²) in [6, 6.07) is 4.05. The first-order valence-electron chi connectivity index (χ1n) is 7.87. The first kappa shape index (κ1) is 17.6. The Balaban J connectivity index is 1.70. The van der Waals surface area contributed by atoms with Crippen LogP contribution in [0.25, 0.3) is 0 Å². The van der Waals surface area contributed by atoms with Crippen molar-refractivity contribution in [1.29, 1.82) is 0 Å². The van der Waals surface area contributed by atoms with Crippen molar-refractivity contribution in [2.24, 2.45) is 0 Å². The molecule has 0 saturated heterocycles. The number of aromatic nitrogens is 2. The van der Waals surface area contributed by atoms with E-state index in [1.807, 2.05) is 44.0 Å². The molecule has 0 radical (unpaired) electrons. The summed E-state index contributed by atoms with van der Waals surface area (Å²) >= 11 is 1.63. The predicted octanol–water partition coefficient (Wildman–Crippen LogP) is 1.93. The van der Waals surface area contributed by atoms with Crippen molar-refractivity contribution in [3.05, 3.63) is 46.2 Å². The standard InChI is InChI=1S/C17H24N4OS/c1-21(2)11-3-8-19-16(22)12-15-13-23-17(20-15)5-4-14-6-9-18-10-7-14/h6-7,9-10,13H,3-5,8,11-12H2,1-2H3,(H,19,22). The number of pyridine rings is 1. The molecule has 124 valence electrons. The van der Waals surface area contributed by atoms with Gasteiger partial charge in [-0.2, -0.15) is 0 Å². The molecule has 23 heavy (non-hydrogen) atoms. The number of carbonyl (C=O) groups excluding carboxylic acids is 1. The molecule has 0 aliphatic carbocycles. The molecule has 1 amide bonds. The fraction of sp³-hybridized carbons (Fsp3) is 0.471. The number of carbonyl (C=O) groups is 1. The number of amides is 1. The van der Waals surface area contributed by atoms with E-state index < -0.39 is 0 Å². The van der Waals surface area contributed by atoms with E-state index >= 15 is 0 Å². The third-order valence-electron chi connectivity index (χ3n) is 3.42. The first-order chi connectivity index (χ1) is 11.1. The third kappa shape index (κ3) is 6.88. The Kier molecular flexibility index (Phi) is 7.16. The van der Waals surface area contributed by atoms with Crippen molar-refractivity contribution >= 4 is 17.2 Å². The summed E-state index contributed by atoms with van der Waals surface area (Å²) in [5.41, 5.74) is 2.13. The molecule has 0 bridgehead atoms. The number of hydrogen-bond acceptors (Lipinski definition) is 5. The second kappa shape index (κ2) is 9.37. The van der Waals surface area contributed by atoms with Crippen LogP contribution in [0.1, 0.15) is 22.7 Å². The summed E-state index contributed by atoms with van der Waals surface area (Å²) in [5, 5.41) is 6.01. The van der Waals surface area contributed by atoms with Gasteiger partial charge in [0.05, 0.1) is 17.1 Å². The molecule has 2 rings (SSSR count). The number of rotatable bonds is 9. The topological polar surface area (TPSA) is 58.1 Å². The lowest BCUT2D eigenvalue weighted by Gasteiger charge is -2.09. The van der Waals surface area contributed by atoms with E-state index in [2.05, 4.69) is 20.2 Å². The van der Waals surface area contributed by atoms with Gasteiger partial charge in [0.1, 0.15) is 0 Å². The fourth-order valence-corrected chi connectivity index (χ4v) is 2.99. The van der Waals surface area contributed by atoms with Crippen molar-refractivity contribution in [2.45, 2.75) is 25.7 Å². The molecular formula is C17H24N4OS. The lowest BCUT2D eigenvalue weighted by molar-refractivity contribution is -0.120. The number of nitrogens with zero attached hydrogens (tertiary/aromatic N) is 3. The molecule has 2 aromatic heterocycles. The van der Waals surface area contributed by atoms with E-state index in [4.69, 9.17) is 0 Å². The minimum atomic E-state index is 0.0507. The molecule has 0 atom stereocenters. The van der Waals surface area contributed by atoms with Crippen LogP contribution in [0, 0.1) is 0 Å². The van der Waals surface area contributed by atoms with Gasteiger partial charge in [-0.05, 0) is 51.2 Å². The average molecular weight is 332 g/mol. The largest absolute Gasteiger partial charge is 0.356 e. The second-order valence-electron chi connectivity index (χ2n) is 5.77. The van der Waals surface area contributed by atoms with Crippen molar-refractivity contribution in [1.82, 2.24) is 20.2 Å². The zero-order chi connectivity index (χ0) is 16.5. The van der Waals surface area contributed by atoms with E-state index in [1.165, 1.54) is 5.56 Å². The van der Waals surface area contributed by atoms with Gasteiger partial charge in [0.15, 0.2) is 0 Å². The van der Waals surface area contributed by atoms with Crippen LogP contribution in [0.5, 0.6) is 0 Å². The normalized spacial score (nSPS) is 10.9. The molecular weight excluding hydrogens is 308 g/mol. The summed E-state index contributed by atoms with van der Waals surface area (Å²) in [7, 11) is 4.06. The molecule has 0 spiro atoms. The minimum absolute atomic E-state index is 0.0507. The van der Waals surface area contributed by atoms with Gasteiger partial charge in [0, 0.05) is 30.7 Å². The smallest absolute Gasteiger partial charge is 0.226 e. The Bertz CT molecular complexity index is 598. The van der Waals surface area contributed by atoms with Gasteiger partial charge in [-0.25, -0.2) is 4.98 Å². The molecule has 5 nitrogen and oxygen atoms in total. The SMILES string of the molecule is CN(C)CCCNC(=O)Cc1csc(CCc2ccncc2)n1. The van der Waals surface area contributed by atoms with Crippen molar-refractivity contribution in [2.75, 3.05) is 27.2 Å². The molecule has 6 heteroatoms. The predicted molar refractivity (Wildman–Crippen MR) is 93.6 cm³/mol. The maximum Gasteiger partial charge on any atom is 0.226 e. The number of hydrogen-bond donors (Lipinski definition) is 1. The highest BCUT2D eigenvalue weighted by Gasteiger charge is 2.07. The Morgan fingerprint density at radius 1 is 1.26 bits per heavy atom. The fourth-order valence-electron chi connectivity index (χ4n) is 2.20. The zero-order valence-corrected chi connectivity index (χ0v) is 14.6. The van der Waals surface area contributed by atoms with E-state index in [0.29, 0.717) is 6.42 Å². The highest BCUT2D eigenvalue weighted by Crippen LogP contribution is 2.13. The molecule has 0 unspecified atom stereocenters. The van der Waals surface area contributed by atoms with E-state index in [-0.39, 0.29) is 5.91 Å². The Morgan fingerprint density at radius 3 is 2.78 bits per heavy atom. The quantitative estimate of drug-likeness (QED) is 0.713. The summed E-state index contributed by atoms with van der Waals surface area (Å²) in [4.78, 5) is 22.6. The van der Waals surface area contributed by atoms with Crippen LogP contribution in [-0.2, 0) is 24.1 Å². The molecule has 2 heterocycles. The maximum atomic E-state index is 11.9. The lowest BCUT2D eigenvalue weighted by Crippen LogP contribution is -2.28. The van der Waals surface area contributed by atoms with E-state index in [0.717, 1.165) is 43.1 Å². The van der Waals surface area contributed by atoms with Crippen molar-refractivity contribution in [3.63, 3.8) is 0 Å². The molecule has 2 aromatic rings. The molecule has 1 N–H and O–H groups in total. The minimum Gasteiger partial charge on any atom is -0.356 e. The van der Waals surface area contributed by atoms with Gasteiger partial charge in [-0.15, -0.1) is 11.3 Å². The van der Waals surface area contributed by atoms with Gasteiger partial charge < -0.3 is 10.2 Å². The van der Waals surface area contributed by atoms with E-state index in [1.54, 1.807) is 11.3 Å². The summed E-state index contributed by atoms with van der Waals surface area (Å²) in [5.74, 6) is 0.0507. The molecule has 0 saturated carbocycles. The van der Waals surface area contributed by atoms with Crippen LogP contribution in [0.2, 0.25) is 0 Å². The van der Waals surface area contributed by atoms with E-state index in [9.17, 15) is 4.79 Å². The first-order valence-corrected chi connectivity index (χ1v) is 8.75. The van der Waals surface area contributed by atoms with Gasteiger partial charge >= 0.3 is 0 Å². The molecule has 0 aliphatic rings. The highest BCUT2D eigenvalue weighted by molar-refractivity contribution is 7.09. The average Bonchev–Trinajstić information content (AvgIpc) is 2.98.